The summed E-state index contributed by atoms with van der Waals surface area (Å²) in [4.78, 5) is 25.6. The molecule has 3 unspecified atom stereocenters. The fourth-order valence-electron chi connectivity index (χ4n) is 2.53. The molecule has 2 N–H and O–H groups in total. The molecule has 0 spiro atoms. The summed E-state index contributed by atoms with van der Waals surface area (Å²) in [5, 5.41) is 0. The number of hydrogen-bond donors (Lipinski definition) is 1. The maximum Gasteiger partial charge on any atom is 0.225 e. The zero-order valence-electron chi connectivity index (χ0n) is 14.6. The molecule has 0 aromatic heterocycles. The smallest absolute Gasteiger partial charge is 0.225 e. The Bertz CT molecular complexity index is 344. The van der Waals surface area contributed by atoms with E-state index in [1.807, 2.05) is 20.8 Å². The van der Waals surface area contributed by atoms with Crippen LogP contribution >= 0.6 is 0 Å². The number of methoxy groups -OCH3 is 1. The molecule has 2 amide bonds. The van der Waals surface area contributed by atoms with E-state index < -0.39 is 5.91 Å². The third-order valence-corrected chi connectivity index (χ3v) is 4.50. The number of hydrogen-bond acceptors (Lipinski definition) is 3. The molecule has 0 aliphatic carbocycles. The van der Waals surface area contributed by atoms with Gasteiger partial charge < -0.3 is 15.4 Å². The summed E-state index contributed by atoms with van der Waals surface area (Å²) in [6.07, 6.45) is 0.654. The number of likely N-dealkylation sites (N-methyl/N-ethyl adjacent to an activating group) is 1. The zero-order valence-corrected chi connectivity index (χ0v) is 14.6. The molecule has 0 rings (SSSR count). The van der Waals surface area contributed by atoms with E-state index in [1.165, 1.54) is 0 Å². The largest absolute Gasteiger partial charge is 0.379 e. The van der Waals surface area contributed by atoms with Crippen LogP contribution in [-0.4, -0.2) is 43.0 Å². The van der Waals surface area contributed by atoms with Crippen molar-refractivity contribution in [1.82, 2.24) is 4.90 Å². The average Bonchev–Trinajstić information content (AvgIpc) is 2.43. The number of nitrogens with two attached hydrogens (primary N) is 1. The Labute approximate surface area is 129 Å². The predicted octanol–water partition coefficient (Wildman–Crippen LogP) is 2.04. The molecule has 0 aromatic rings. The van der Waals surface area contributed by atoms with Crippen LogP contribution in [-0.2, 0) is 14.3 Å². The van der Waals surface area contributed by atoms with Gasteiger partial charge in [-0.3, -0.25) is 9.59 Å². The Morgan fingerprint density at radius 2 is 1.71 bits per heavy atom. The van der Waals surface area contributed by atoms with Gasteiger partial charge in [-0.2, -0.15) is 0 Å². The summed E-state index contributed by atoms with van der Waals surface area (Å²) in [5.74, 6) is 0.111. The molecule has 5 heteroatoms. The summed E-state index contributed by atoms with van der Waals surface area (Å²) >= 11 is 0. The molecule has 0 aliphatic rings. The number of primary amides is 1. The molecule has 0 heterocycles. The van der Waals surface area contributed by atoms with Gasteiger partial charge in [0.2, 0.25) is 11.8 Å². The quantitative estimate of drug-likeness (QED) is 0.708. The van der Waals surface area contributed by atoms with Crippen LogP contribution in [0.4, 0.5) is 0 Å². The number of rotatable bonds is 9. The van der Waals surface area contributed by atoms with Gasteiger partial charge in [0.25, 0.3) is 0 Å². The van der Waals surface area contributed by atoms with Gasteiger partial charge >= 0.3 is 0 Å². The Morgan fingerprint density at radius 1 is 1.19 bits per heavy atom. The van der Waals surface area contributed by atoms with E-state index in [1.54, 1.807) is 19.1 Å². The Hall–Kier alpha value is -1.10. The minimum atomic E-state index is -0.409. The van der Waals surface area contributed by atoms with Gasteiger partial charge in [-0.25, -0.2) is 0 Å². The van der Waals surface area contributed by atoms with E-state index in [4.69, 9.17) is 10.5 Å². The van der Waals surface area contributed by atoms with Gasteiger partial charge in [0.15, 0.2) is 0 Å². The molecule has 0 aliphatic heterocycles. The Balaban J connectivity index is 5.30. The molecular formula is C16H32N2O3. The summed E-state index contributed by atoms with van der Waals surface area (Å²) in [6, 6.07) is -0.152. The number of ether oxygens (including phenoxy) is 1. The normalized spacial score (nSPS) is 17.1. The summed E-state index contributed by atoms with van der Waals surface area (Å²) < 4.78 is 5.46. The highest BCUT2D eigenvalue weighted by molar-refractivity contribution is 5.79. The highest BCUT2D eigenvalue weighted by atomic mass is 16.5. The van der Waals surface area contributed by atoms with Crippen molar-refractivity contribution in [3.05, 3.63) is 0 Å². The zero-order chi connectivity index (χ0) is 16.7. The minimum Gasteiger partial charge on any atom is -0.379 e. The van der Waals surface area contributed by atoms with Crippen molar-refractivity contribution in [2.75, 3.05) is 14.2 Å². The molecule has 0 bridgehead atoms. The lowest BCUT2D eigenvalue weighted by molar-refractivity contribution is -0.143. The monoisotopic (exact) mass is 300 g/mol. The molecule has 124 valence electrons. The second-order valence-electron chi connectivity index (χ2n) is 6.30. The number of carbonyl (C=O) groups excluding carboxylic acids is 2. The average molecular weight is 300 g/mol. The molecular weight excluding hydrogens is 268 g/mol. The summed E-state index contributed by atoms with van der Waals surface area (Å²) in [6.45, 7) is 10.1. The lowest BCUT2D eigenvalue weighted by Crippen LogP contribution is -2.52. The van der Waals surface area contributed by atoms with Gasteiger partial charge in [0, 0.05) is 20.1 Å². The van der Waals surface area contributed by atoms with Crippen LogP contribution in [0.2, 0.25) is 0 Å². The fraction of sp³-hybridized carbons (Fsp3) is 0.875. The van der Waals surface area contributed by atoms with E-state index in [0.29, 0.717) is 0 Å². The minimum absolute atomic E-state index is 0.0624. The second kappa shape index (κ2) is 9.03. The first kappa shape index (κ1) is 19.9. The van der Waals surface area contributed by atoms with Gasteiger partial charge in [-0.05, 0) is 11.8 Å². The van der Waals surface area contributed by atoms with Crippen molar-refractivity contribution in [3.63, 3.8) is 0 Å². The van der Waals surface area contributed by atoms with E-state index in [9.17, 15) is 9.59 Å². The molecule has 0 fully saturated rings. The van der Waals surface area contributed by atoms with Crippen molar-refractivity contribution >= 4 is 11.8 Å². The number of nitrogens with zero attached hydrogens (tertiary/aromatic N) is 1. The van der Waals surface area contributed by atoms with Gasteiger partial charge in [0.05, 0.1) is 18.6 Å². The lowest BCUT2D eigenvalue weighted by Gasteiger charge is -2.39. The van der Waals surface area contributed by atoms with E-state index in [2.05, 4.69) is 13.8 Å². The van der Waals surface area contributed by atoms with Crippen molar-refractivity contribution < 1.29 is 14.3 Å². The molecule has 0 radical (unpaired) electrons. The first-order valence-electron chi connectivity index (χ1n) is 7.75. The Kier molecular flexibility index (Phi) is 8.55. The maximum absolute atomic E-state index is 12.6. The predicted molar refractivity (Wildman–Crippen MR) is 84.6 cm³/mol. The summed E-state index contributed by atoms with van der Waals surface area (Å²) in [7, 11) is 3.36. The van der Waals surface area contributed by atoms with Crippen LogP contribution in [0.25, 0.3) is 0 Å². The third-order valence-electron chi connectivity index (χ3n) is 4.50. The second-order valence-corrected chi connectivity index (χ2v) is 6.30. The highest BCUT2D eigenvalue weighted by Gasteiger charge is 2.35. The molecule has 21 heavy (non-hydrogen) atoms. The maximum atomic E-state index is 12.6. The third kappa shape index (κ3) is 5.65. The van der Waals surface area contributed by atoms with Gasteiger partial charge in [-0.1, -0.05) is 41.0 Å². The van der Waals surface area contributed by atoms with Crippen molar-refractivity contribution in [2.24, 2.45) is 23.5 Å². The molecule has 5 nitrogen and oxygen atoms in total. The van der Waals surface area contributed by atoms with Crippen LogP contribution in [0.5, 0.6) is 0 Å². The van der Waals surface area contributed by atoms with E-state index >= 15 is 0 Å². The van der Waals surface area contributed by atoms with Crippen LogP contribution < -0.4 is 5.73 Å². The molecule has 0 aromatic carbocycles. The number of amides is 2. The lowest BCUT2D eigenvalue weighted by atomic mass is 9.89. The van der Waals surface area contributed by atoms with Crippen LogP contribution in [0, 0.1) is 17.8 Å². The van der Waals surface area contributed by atoms with Crippen molar-refractivity contribution in [3.8, 4) is 0 Å². The van der Waals surface area contributed by atoms with E-state index in [0.717, 1.165) is 6.42 Å². The molecule has 0 saturated heterocycles. The molecule has 0 saturated carbocycles. The first-order chi connectivity index (χ1) is 9.67. The van der Waals surface area contributed by atoms with Crippen LogP contribution in [0.3, 0.4) is 0 Å². The van der Waals surface area contributed by atoms with Crippen LogP contribution in [0.15, 0.2) is 0 Å². The standard InChI is InChI=1S/C16H32N2O3/c1-8-11(4)15(13(21-7)9-14(17)19)18(6)16(20)12(5)10(2)3/h10-13,15H,8-9H2,1-7H3,(H2,17,19)/t11?,12?,13?,15-/m0/s1. The molecule has 4 atom stereocenters. The number of carbonyl (C=O) groups is 2. The first-order valence-corrected chi connectivity index (χ1v) is 7.75. The van der Waals surface area contributed by atoms with E-state index in [-0.39, 0.29) is 42.2 Å². The summed E-state index contributed by atoms with van der Waals surface area (Å²) in [5.41, 5.74) is 5.31. The topological polar surface area (TPSA) is 72.6 Å². The van der Waals surface area contributed by atoms with Crippen molar-refractivity contribution in [1.29, 1.82) is 0 Å². The van der Waals surface area contributed by atoms with Gasteiger partial charge in [0.1, 0.15) is 0 Å². The highest BCUT2D eigenvalue weighted by Crippen LogP contribution is 2.24. The van der Waals surface area contributed by atoms with Crippen molar-refractivity contribution in [2.45, 2.75) is 59.6 Å². The van der Waals surface area contributed by atoms with Crippen LogP contribution in [0.1, 0.15) is 47.5 Å². The Morgan fingerprint density at radius 3 is 2.05 bits per heavy atom. The van der Waals surface area contributed by atoms with Gasteiger partial charge in [-0.15, -0.1) is 0 Å². The SMILES string of the molecule is CCC(C)[C@@H](C(CC(N)=O)OC)N(C)C(=O)C(C)C(C)C. The fourth-order valence-corrected chi connectivity index (χ4v) is 2.53.